The molecule has 0 bridgehead atoms. The average Bonchev–Trinajstić information content (AvgIpc) is 2.90. The van der Waals surface area contributed by atoms with Gasteiger partial charge in [-0.15, -0.1) is 0 Å². The van der Waals surface area contributed by atoms with Gasteiger partial charge < -0.3 is 10.2 Å². The predicted molar refractivity (Wildman–Crippen MR) is 79.7 cm³/mol. The summed E-state index contributed by atoms with van der Waals surface area (Å²) in [6, 6.07) is 0.610. The second-order valence-corrected chi connectivity index (χ2v) is 5.51. The first-order valence-electron chi connectivity index (χ1n) is 7.49. The van der Waals surface area contributed by atoms with E-state index in [9.17, 15) is 0 Å². The SMILES string of the molecule is CCCCN(CC1CCCN1)c1nc(C)cnc1C. The standard InChI is InChI=1S/C15H26N4/c1-4-5-9-19(11-14-7-6-8-16-14)15-13(3)17-10-12(2)18-15/h10,14,16H,4-9,11H2,1-3H3. The van der Waals surface area contributed by atoms with E-state index in [1.807, 2.05) is 13.1 Å². The second-order valence-electron chi connectivity index (χ2n) is 5.51. The first kappa shape index (κ1) is 14.3. The highest BCUT2D eigenvalue weighted by Gasteiger charge is 2.20. The number of hydrogen-bond donors (Lipinski definition) is 1. The summed E-state index contributed by atoms with van der Waals surface area (Å²) in [6.07, 6.45) is 6.85. The van der Waals surface area contributed by atoms with Crippen LogP contribution in [0.2, 0.25) is 0 Å². The molecule has 1 aliphatic rings. The van der Waals surface area contributed by atoms with E-state index in [4.69, 9.17) is 4.98 Å². The minimum atomic E-state index is 0.610. The molecular formula is C15H26N4. The van der Waals surface area contributed by atoms with Gasteiger partial charge in [-0.25, -0.2) is 4.98 Å². The number of aromatic nitrogens is 2. The Hall–Kier alpha value is -1.16. The molecule has 1 aromatic rings. The van der Waals surface area contributed by atoms with Gasteiger partial charge in [0.2, 0.25) is 0 Å². The summed E-state index contributed by atoms with van der Waals surface area (Å²) in [4.78, 5) is 11.6. The number of anilines is 1. The number of nitrogens with zero attached hydrogens (tertiary/aromatic N) is 3. The molecule has 106 valence electrons. The maximum Gasteiger partial charge on any atom is 0.150 e. The number of unbranched alkanes of at least 4 members (excludes halogenated alkanes) is 1. The van der Waals surface area contributed by atoms with Crippen LogP contribution in [0.4, 0.5) is 5.82 Å². The summed E-state index contributed by atoms with van der Waals surface area (Å²) in [5, 5.41) is 3.58. The highest BCUT2D eigenvalue weighted by molar-refractivity contribution is 5.43. The molecule has 1 atom stereocenters. The van der Waals surface area contributed by atoms with E-state index >= 15 is 0 Å². The van der Waals surface area contributed by atoms with Crippen LogP contribution < -0.4 is 10.2 Å². The molecular weight excluding hydrogens is 236 g/mol. The molecule has 0 spiro atoms. The van der Waals surface area contributed by atoms with Gasteiger partial charge in [0.05, 0.1) is 11.4 Å². The van der Waals surface area contributed by atoms with E-state index in [0.29, 0.717) is 6.04 Å². The van der Waals surface area contributed by atoms with Gasteiger partial charge >= 0.3 is 0 Å². The van der Waals surface area contributed by atoms with Crippen LogP contribution in [0.1, 0.15) is 44.0 Å². The molecule has 0 aromatic carbocycles. The summed E-state index contributed by atoms with van der Waals surface area (Å²) in [5.41, 5.74) is 2.04. The third kappa shape index (κ3) is 3.90. The molecule has 1 aromatic heterocycles. The summed E-state index contributed by atoms with van der Waals surface area (Å²) in [5.74, 6) is 1.07. The molecule has 1 aliphatic heterocycles. The average molecular weight is 262 g/mol. The van der Waals surface area contributed by atoms with Crippen LogP contribution >= 0.6 is 0 Å². The lowest BCUT2D eigenvalue weighted by atomic mass is 10.2. The molecule has 19 heavy (non-hydrogen) atoms. The highest BCUT2D eigenvalue weighted by atomic mass is 15.2. The van der Waals surface area contributed by atoms with Crippen molar-refractivity contribution in [3.05, 3.63) is 17.6 Å². The smallest absolute Gasteiger partial charge is 0.150 e. The van der Waals surface area contributed by atoms with Crippen molar-refractivity contribution in [2.45, 2.75) is 52.5 Å². The van der Waals surface area contributed by atoms with Crippen LogP contribution in [0.5, 0.6) is 0 Å². The normalized spacial score (nSPS) is 18.8. The minimum absolute atomic E-state index is 0.610. The van der Waals surface area contributed by atoms with Crippen molar-refractivity contribution in [2.75, 3.05) is 24.5 Å². The number of nitrogens with one attached hydrogen (secondary N) is 1. The number of aryl methyl sites for hydroxylation is 2. The van der Waals surface area contributed by atoms with Crippen LogP contribution in [0, 0.1) is 13.8 Å². The Labute approximate surface area is 116 Å². The first-order valence-corrected chi connectivity index (χ1v) is 7.49. The van der Waals surface area contributed by atoms with E-state index in [1.165, 1.54) is 25.7 Å². The Morgan fingerprint density at radius 1 is 1.42 bits per heavy atom. The fraction of sp³-hybridized carbons (Fsp3) is 0.733. The molecule has 1 N–H and O–H groups in total. The van der Waals surface area contributed by atoms with Crippen molar-refractivity contribution in [3.8, 4) is 0 Å². The molecule has 4 nitrogen and oxygen atoms in total. The van der Waals surface area contributed by atoms with Crippen molar-refractivity contribution < 1.29 is 0 Å². The second kappa shape index (κ2) is 6.85. The molecule has 1 saturated heterocycles. The Morgan fingerprint density at radius 3 is 2.95 bits per heavy atom. The van der Waals surface area contributed by atoms with E-state index in [-0.39, 0.29) is 0 Å². The lowest BCUT2D eigenvalue weighted by Gasteiger charge is -2.28. The molecule has 0 radical (unpaired) electrons. The molecule has 0 amide bonds. The molecule has 0 saturated carbocycles. The Morgan fingerprint density at radius 2 is 2.26 bits per heavy atom. The molecule has 0 aliphatic carbocycles. The van der Waals surface area contributed by atoms with Gasteiger partial charge in [0, 0.05) is 25.3 Å². The maximum atomic E-state index is 4.70. The molecule has 1 unspecified atom stereocenters. The van der Waals surface area contributed by atoms with Gasteiger partial charge in [0.1, 0.15) is 5.82 Å². The summed E-state index contributed by atoms with van der Waals surface area (Å²) in [7, 11) is 0. The van der Waals surface area contributed by atoms with Crippen LogP contribution in [-0.2, 0) is 0 Å². The van der Waals surface area contributed by atoms with Crippen molar-refractivity contribution in [1.29, 1.82) is 0 Å². The van der Waals surface area contributed by atoms with Crippen LogP contribution in [0.3, 0.4) is 0 Å². The lowest BCUT2D eigenvalue weighted by molar-refractivity contribution is 0.567. The zero-order chi connectivity index (χ0) is 13.7. The summed E-state index contributed by atoms with van der Waals surface area (Å²) < 4.78 is 0. The van der Waals surface area contributed by atoms with Crippen LogP contribution in [0.15, 0.2) is 6.20 Å². The van der Waals surface area contributed by atoms with Gasteiger partial charge in [0.15, 0.2) is 0 Å². The fourth-order valence-corrected chi connectivity index (χ4v) is 2.64. The quantitative estimate of drug-likeness (QED) is 0.855. The van der Waals surface area contributed by atoms with Gasteiger partial charge in [-0.3, -0.25) is 4.98 Å². The van der Waals surface area contributed by atoms with Crippen molar-refractivity contribution in [3.63, 3.8) is 0 Å². The topological polar surface area (TPSA) is 41.0 Å². The Balaban J connectivity index is 2.12. The van der Waals surface area contributed by atoms with E-state index in [2.05, 4.69) is 29.0 Å². The van der Waals surface area contributed by atoms with E-state index in [0.717, 1.165) is 36.8 Å². The fourth-order valence-electron chi connectivity index (χ4n) is 2.64. The largest absolute Gasteiger partial charge is 0.354 e. The van der Waals surface area contributed by atoms with Crippen molar-refractivity contribution in [2.24, 2.45) is 0 Å². The molecule has 2 heterocycles. The summed E-state index contributed by atoms with van der Waals surface area (Å²) in [6.45, 7) is 9.60. The van der Waals surface area contributed by atoms with Crippen LogP contribution in [-0.4, -0.2) is 35.6 Å². The van der Waals surface area contributed by atoms with Gasteiger partial charge in [-0.2, -0.15) is 0 Å². The zero-order valence-electron chi connectivity index (χ0n) is 12.4. The monoisotopic (exact) mass is 262 g/mol. The Kier molecular flexibility index (Phi) is 5.14. The van der Waals surface area contributed by atoms with Gasteiger partial charge in [-0.1, -0.05) is 13.3 Å². The molecule has 4 heteroatoms. The molecule has 2 rings (SSSR count). The predicted octanol–water partition coefficient (Wildman–Crippen LogP) is 2.45. The van der Waals surface area contributed by atoms with Crippen molar-refractivity contribution >= 4 is 5.82 Å². The van der Waals surface area contributed by atoms with E-state index in [1.54, 1.807) is 0 Å². The van der Waals surface area contributed by atoms with E-state index < -0.39 is 0 Å². The molecule has 1 fully saturated rings. The zero-order valence-corrected chi connectivity index (χ0v) is 12.4. The number of rotatable bonds is 6. The number of hydrogen-bond acceptors (Lipinski definition) is 4. The van der Waals surface area contributed by atoms with Crippen molar-refractivity contribution in [1.82, 2.24) is 15.3 Å². The summed E-state index contributed by atoms with van der Waals surface area (Å²) >= 11 is 0. The third-order valence-electron chi connectivity index (χ3n) is 3.74. The van der Waals surface area contributed by atoms with Gasteiger partial charge in [0.25, 0.3) is 0 Å². The first-order chi connectivity index (χ1) is 9.20. The minimum Gasteiger partial charge on any atom is -0.354 e. The lowest BCUT2D eigenvalue weighted by Crippen LogP contribution is -2.39. The Bertz CT molecular complexity index is 399. The highest BCUT2D eigenvalue weighted by Crippen LogP contribution is 2.18. The third-order valence-corrected chi connectivity index (χ3v) is 3.74. The van der Waals surface area contributed by atoms with Crippen LogP contribution in [0.25, 0.3) is 0 Å². The maximum absolute atomic E-state index is 4.70. The van der Waals surface area contributed by atoms with Gasteiger partial charge in [-0.05, 0) is 39.7 Å².